The van der Waals surface area contributed by atoms with Gasteiger partial charge in [0.2, 0.25) is 5.95 Å². The molecule has 2 aliphatic rings. The molecular weight excluding hydrogens is 276 g/mol. The van der Waals surface area contributed by atoms with Crippen LogP contribution in [0.3, 0.4) is 0 Å². The van der Waals surface area contributed by atoms with E-state index in [4.69, 9.17) is 4.98 Å². The Kier molecular flexibility index (Phi) is 4.02. The average molecular weight is 304 g/mol. The van der Waals surface area contributed by atoms with Crippen LogP contribution in [0.4, 0.5) is 5.95 Å². The second-order valence-corrected chi connectivity index (χ2v) is 7.21. The summed E-state index contributed by atoms with van der Waals surface area (Å²) in [6.07, 6.45) is 3.38. The van der Waals surface area contributed by atoms with E-state index in [0.29, 0.717) is 12.0 Å². The molecular formula is C16H28N6. The van der Waals surface area contributed by atoms with Crippen LogP contribution in [0.5, 0.6) is 0 Å². The molecule has 3 N–H and O–H groups in total. The quantitative estimate of drug-likeness (QED) is 0.793. The molecule has 3 rings (SSSR count). The molecule has 1 unspecified atom stereocenters. The summed E-state index contributed by atoms with van der Waals surface area (Å²) in [6.45, 7) is 12.7. The standard InChI is InChI=1S/C16H28N6/c1-11(2)20-14-18-8-12(9-19-14)16(3,4)13-10-22-7-5-6-17-15(22)21-13/h10-12H,5-9H2,1-4H3,(H,17,21)(H2,18,19,20). The average Bonchev–Trinajstić information content (AvgIpc) is 2.92. The van der Waals surface area contributed by atoms with Crippen LogP contribution in [-0.4, -0.2) is 41.2 Å². The molecule has 0 radical (unpaired) electrons. The molecule has 0 amide bonds. The fourth-order valence-corrected chi connectivity index (χ4v) is 3.09. The van der Waals surface area contributed by atoms with Crippen molar-refractivity contribution < 1.29 is 0 Å². The van der Waals surface area contributed by atoms with Crippen molar-refractivity contribution in [1.82, 2.24) is 20.2 Å². The number of nitrogens with zero attached hydrogens (tertiary/aromatic N) is 3. The summed E-state index contributed by atoms with van der Waals surface area (Å²) in [5.41, 5.74) is 1.17. The minimum Gasteiger partial charge on any atom is -0.356 e. The topological polar surface area (TPSA) is 66.3 Å². The lowest BCUT2D eigenvalue weighted by Crippen LogP contribution is -2.50. The molecule has 6 heteroatoms. The zero-order chi connectivity index (χ0) is 15.7. The highest BCUT2D eigenvalue weighted by molar-refractivity contribution is 5.80. The van der Waals surface area contributed by atoms with Gasteiger partial charge in [0.25, 0.3) is 0 Å². The lowest BCUT2D eigenvalue weighted by Gasteiger charge is -2.35. The number of imidazole rings is 1. The van der Waals surface area contributed by atoms with Crippen molar-refractivity contribution in [2.45, 2.75) is 52.1 Å². The van der Waals surface area contributed by atoms with Gasteiger partial charge in [-0.15, -0.1) is 0 Å². The minimum absolute atomic E-state index is 0.00583. The van der Waals surface area contributed by atoms with Crippen LogP contribution in [0.25, 0.3) is 0 Å². The van der Waals surface area contributed by atoms with Gasteiger partial charge in [-0.3, -0.25) is 4.99 Å². The Morgan fingerprint density at radius 3 is 2.82 bits per heavy atom. The van der Waals surface area contributed by atoms with Crippen LogP contribution in [0, 0.1) is 5.92 Å². The van der Waals surface area contributed by atoms with E-state index in [1.54, 1.807) is 0 Å². The molecule has 0 aliphatic carbocycles. The van der Waals surface area contributed by atoms with Gasteiger partial charge in [0.15, 0.2) is 5.96 Å². The maximum Gasteiger partial charge on any atom is 0.203 e. The third-order valence-corrected chi connectivity index (χ3v) is 4.73. The molecule has 6 nitrogen and oxygen atoms in total. The van der Waals surface area contributed by atoms with Gasteiger partial charge in [-0.25, -0.2) is 4.98 Å². The number of hydrogen-bond acceptors (Lipinski definition) is 5. The lowest BCUT2D eigenvalue weighted by atomic mass is 9.76. The van der Waals surface area contributed by atoms with E-state index < -0.39 is 0 Å². The van der Waals surface area contributed by atoms with Crippen LogP contribution in [-0.2, 0) is 12.0 Å². The van der Waals surface area contributed by atoms with Gasteiger partial charge >= 0.3 is 0 Å². The van der Waals surface area contributed by atoms with Crippen LogP contribution in [0.1, 0.15) is 39.8 Å². The first-order chi connectivity index (χ1) is 10.5. The number of aryl methyl sites for hydroxylation is 1. The molecule has 0 aromatic carbocycles. The summed E-state index contributed by atoms with van der Waals surface area (Å²) in [5.74, 6) is 2.39. The van der Waals surface area contributed by atoms with Crippen molar-refractivity contribution in [2.24, 2.45) is 10.9 Å². The van der Waals surface area contributed by atoms with E-state index in [1.165, 1.54) is 12.1 Å². The molecule has 3 heterocycles. The van der Waals surface area contributed by atoms with Crippen molar-refractivity contribution in [3.05, 3.63) is 11.9 Å². The first-order valence-electron chi connectivity index (χ1n) is 8.33. The minimum atomic E-state index is 0.00583. The number of rotatable bonds is 3. The largest absolute Gasteiger partial charge is 0.356 e. The summed E-state index contributed by atoms with van der Waals surface area (Å²) in [6, 6.07) is 0.404. The van der Waals surface area contributed by atoms with Gasteiger partial charge in [-0.1, -0.05) is 13.8 Å². The highest BCUT2D eigenvalue weighted by Gasteiger charge is 2.36. The first kappa shape index (κ1) is 15.2. The first-order valence-corrected chi connectivity index (χ1v) is 8.33. The Labute approximate surface area is 132 Å². The maximum atomic E-state index is 4.83. The van der Waals surface area contributed by atoms with Gasteiger partial charge in [-0.2, -0.15) is 0 Å². The molecule has 0 bridgehead atoms. The van der Waals surface area contributed by atoms with Crippen molar-refractivity contribution in [3.8, 4) is 0 Å². The van der Waals surface area contributed by atoms with Crippen LogP contribution in [0.2, 0.25) is 0 Å². The zero-order valence-corrected chi connectivity index (χ0v) is 14.1. The highest BCUT2D eigenvalue weighted by Crippen LogP contribution is 2.33. The number of nitrogens with one attached hydrogen (secondary N) is 3. The molecule has 22 heavy (non-hydrogen) atoms. The number of guanidine groups is 1. The normalized spacial score (nSPS) is 21.7. The highest BCUT2D eigenvalue weighted by atomic mass is 15.2. The van der Waals surface area contributed by atoms with Crippen molar-refractivity contribution in [1.29, 1.82) is 0 Å². The molecule has 2 aliphatic heterocycles. The SMILES string of the molecule is CC(C)NC1=NCC(C(C)(C)c2cn3c(n2)NCCC3)CN1. The number of anilines is 1. The van der Waals surface area contributed by atoms with E-state index in [9.17, 15) is 0 Å². The molecule has 122 valence electrons. The second kappa shape index (κ2) is 5.82. The lowest BCUT2D eigenvalue weighted by molar-refractivity contribution is 0.307. The number of fused-ring (bicyclic) bond motifs is 1. The van der Waals surface area contributed by atoms with Gasteiger partial charge in [0, 0.05) is 49.8 Å². The van der Waals surface area contributed by atoms with Gasteiger partial charge in [-0.05, 0) is 20.3 Å². The monoisotopic (exact) mass is 304 g/mol. The molecule has 1 atom stereocenters. The second-order valence-electron chi connectivity index (χ2n) is 7.21. The summed E-state index contributed by atoms with van der Waals surface area (Å²) < 4.78 is 2.24. The van der Waals surface area contributed by atoms with E-state index >= 15 is 0 Å². The third-order valence-electron chi connectivity index (χ3n) is 4.73. The number of aliphatic imine (C=N–C) groups is 1. The van der Waals surface area contributed by atoms with E-state index in [1.807, 2.05) is 0 Å². The van der Waals surface area contributed by atoms with Crippen LogP contribution in [0.15, 0.2) is 11.2 Å². The van der Waals surface area contributed by atoms with Crippen molar-refractivity contribution in [3.63, 3.8) is 0 Å². The van der Waals surface area contributed by atoms with Gasteiger partial charge in [0.05, 0.1) is 5.69 Å². The summed E-state index contributed by atoms with van der Waals surface area (Å²) in [5, 5.41) is 10.2. The van der Waals surface area contributed by atoms with Crippen molar-refractivity contribution >= 4 is 11.9 Å². The summed E-state index contributed by atoms with van der Waals surface area (Å²) in [4.78, 5) is 9.49. The van der Waals surface area contributed by atoms with Crippen LogP contribution >= 0.6 is 0 Å². The van der Waals surface area contributed by atoms with Gasteiger partial charge in [0.1, 0.15) is 0 Å². The van der Waals surface area contributed by atoms with E-state index in [2.05, 4.69) is 59.4 Å². The Morgan fingerprint density at radius 1 is 1.36 bits per heavy atom. The smallest absolute Gasteiger partial charge is 0.203 e. The molecule has 0 saturated carbocycles. The van der Waals surface area contributed by atoms with Gasteiger partial charge < -0.3 is 20.5 Å². The predicted molar refractivity (Wildman–Crippen MR) is 90.4 cm³/mol. The maximum absolute atomic E-state index is 4.83. The van der Waals surface area contributed by atoms with E-state index in [0.717, 1.165) is 38.1 Å². The van der Waals surface area contributed by atoms with Crippen LogP contribution < -0.4 is 16.0 Å². The van der Waals surface area contributed by atoms with Crippen molar-refractivity contribution in [2.75, 3.05) is 25.0 Å². The Balaban J connectivity index is 1.73. The zero-order valence-electron chi connectivity index (χ0n) is 14.1. The third kappa shape index (κ3) is 2.91. The Hall–Kier alpha value is -1.72. The fourth-order valence-electron chi connectivity index (χ4n) is 3.09. The number of hydrogen-bond donors (Lipinski definition) is 3. The molecule has 0 spiro atoms. The Bertz CT molecular complexity index is 533. The molecule has 0 fully saturated rings. The Morgan fingerprint density at radius 2 is 2.18 bits per heavy atom. The molecule has 0 saturated heterocycles. The number of aromatic nitrogens is 2. The predicted octanol–water partition coefficient (Wildman–Crippen LogP) is 1.55. The molecule has 1 aromatic rings. The fraction of sp³-hybridized carbons (Fsp3) is 0.750. The summed E-state index contributed by atoms with van der Waals surface area (Å²) >= 11 is 0. The molecule has 1 aromatic heterocycles. The summed E-state index contributed by atoms with van der Waals surface area (Å²) in [7, 11) is 0. The van der Waals surface area contributed by atoms with E-state index in [-0.39, 0.29) is 5.41 Å².